The normalized spacial score (nSPS) is 17.0. The summed E-state index contributed by atoms with van der Waals surface area (Å²) in [7, 11) is -2.38. The van der Waals surface area contributed by atoms with E-state index in [4.69, 9.17) is 9.47 Å². The summed E-state index contributed by atoms with van der Waals surface area (Å²) in [6.07, 6.45) is -3.92. The van der Waals surface area contributed by atoms with Gasteiger partial charge in [0.25, 0.3) is 5.91 Å². The van der Waals surface area contributed by atoms with Crippen molar-refractivity contribution in [2.45, 2.75) is 17.5 Å². The number of rotatable bonds is 6. The van der Waals surface area contributed by atoms with Crippen LogP contribution in [0.15, 0.2) is 47.4 Å². The third-order valence-corrected chi connectivity index (χ3v) is 6.58. The van der Waals surface area contributed by atoms with Crippen molar-refractivity contribution in [2.75, 3.05) is 31.4 Å². The predicted octanol–water partition coefficient (Wildman–Crippen LogP) is 3.78. The van der Waals surface area contributed by atoms with Crippen LogP contribution < -0.4 is 10.1 Å². The summed E-state index contributed by atoms with van der Waals surface area (Å²) in [5.74, 6) is -0.928. The molecule has 2 aromatic carbocycles. The second-order valence-corrected chi connectivity index (χ2v) is 8.94. The number of hydrogen-bond acceptors (Lipinski definition) is 5. The van der Waals surface area contributed by atoms with Gasteiger partial charge in [0.1, 0.15) is 5.75 Å². The molecule has 1 aliphatic heterocycles. The van der Waals surface area contributed by atoms with Gasteiger partial charge >= 0.3 is 6.18 Å². The minimum Gasteiger partial charge on any atom is -0.496 e. The van der Waals surface area contributed by atoms with E-state index in [1.807, 2.05) is 0 Å². The van der Waals surface area contributed by atoms with Gasteiger partial charge in [0.2, 0.25) is 0 Å². The quantitative estimate of drug-likeness (QED) is 0.735. The van der Waals surface area contributed by atoms with Crippen LogP contribution in [0.3, 0.4) is 0 Å². The van der Waals surface area contributed by atoms with Gasteiger partial charge < -0.3 is 14.8 Å². The van der Waals surface area contributed by atoms with Crippen molar-refractivity contribution in [1.82, 2.24) is 0 Å². The molecular formula is C20H20F3NO5S. The Labute approximate surface area is 171 Å². The number of amides is 1. The Morgan fingerprint density at radius 3 is 2.63 bits per heavy atom. The standard InChI is InChI=1S/C20H20F3NO5S/c1-28-18-6-5-16(30(26,27)12-13-7-8-29-11-13)10-17(18)19(25)24-15-4-2-3-14(9-15)20(21,22)23/h2-6,9-10,13H,7-8,11-12H2,1H3,(H,24,25)/t13-/m0/s1. The van der Waals surface area contributed by atoms with E-state index in [2.05, 4.69) is 5.32 Å². The lowest BCUT2D eigenvalue weighted by Gasteiger charge is -2.14. The third kappa shape index (κ3) is 5.11. The first-order valence-electron chi connectivity index (χ1n) is 9.07. The van der Waals surface area contributed by atoms with Crippen LogP contribution in [-0.4, -0.2) is 40.4 Å². The topological polar surface area (TPSA) is 81.7 Å². The molecule has 1 heterocycles. The van der Waals surface area contributed by atoms with E-state index >= 15 is 0 Å². The fraction of sp³-hybridized carbons (Fsp3) is 0.350. The highest BCUT2D eigenvalue weighted by Gasteiger charge is 2.31. The molecule has 0 unspecified atom stereocenters. The maximum atomic E-state index is 12.9. The fourth-order valence-corrected chi connectivity index (χ4v) is 4.80. The van der Waals surface area contributed by atoms with Crippen molar-refractivity contribution in [3.05, 3.63) is 53.6 Å². The van der Waals surface area contributed by atoms with Crippen molar-refractivity contribution in [1.29, 1.82) is 0 Å². The highest BCUT2D eigenvalue weighted by atomic mass is 32.2. The van der Waals surface area contributed by atoms with E-state index in [1.54, 1.807) is 0 Å². The third-order valence-electron chi connectivity index (χ3n) is 4.70. The predicted molar refractivity (Wildman–Crippen MR) is 103 cm³/mol. The smallest absolute Gasteiger partial charge is 0.416 e. The van der Waals surface area contributed by atoms with E-state index in [9.17, 15) is 26.4 Å². The van der Waals surface area contributed by atoms with E-state index < -0.39 is 27.5 Å². The van der Waals surface area contributed by atoms with Gasteiger partial charge in [-0.3, -0.25) is 4.79 Å². The summed E-state index contributed by atoms with van der Waals surface area (Å²) in [6, 6.07) is 8.01. The van der Waals surface area contributed by atoms with Crippen LogP contribution in [0, 0.1) is 5.92 Å². The number of sulfone groups is 1. The molecule has 10 heteroatoms. The van der Waals surface area contributed by atoms with E-state index in [1.165, 1.54) is 37.4 Å². The molecule has 0 bridgehead atoms. The molecule has 1 aliphatic rings. The molecule has 0 saturated carbocycles. The van der Waals surface area contributed by atoms with Crippen molar-refractivity contribution >= 4 is 21.4 Å². The van der Waals surface area contributed by atoms with Crippen LogP contribution in [0.25, 0.3) is 0 Å². The SMILES string of the molecule is COc1ccc(S(=O)(=O)C[C@H]2CCOC2)cc1C(=O)Nc1cccc(C(F)(F)F)c1. The molecule has 1 saturated heterocycles. The molecule has 1 fully saturated rings. The number of ether oxygens (including phenoxy) is 2. The van der Waals surface area contributed by atoms with Gasteiger partial charge in [-0.15, -0.1) is 0 Å². The first kappa shape index (κ1) is 22.1. The molecule has 6 nitrogen and oxygen atoms in total. The highest BCUT2D eigenvalue weighted by molar-refractivity contribution is 7.91. The highest BCUT2D eigenvalue weighted by Crippen LogP contribution is 2.31. The van der Waals surface area contributed by atoms with Crippen LogP contribution in [0.5, 0.6) is 5.75 Å². The maximum absolute atomic E-state index is 12.9. The molecule has 0 spiro atoms. The molecule has 1 amide bonds. The molecule has 1 N–H and O–H groups in total. The number of carbonyl (C=O) groups is 1. The van der Waals surface area contributed by atoms with Crippen LogP contribution in [-0.2, 0) is 20.8 Å². The Bertz CT molecular complexity index is 1030. The zero-order valence-electron chi connectivity index (χ0n) is 16.0. The number of halogens is 3. The summed E-state index contributed by atoms with van der Waals surface area (Å²) in [6.45, 7) is 0.867. The number of benzene rings is 2. The monoisotopic (exact) mass is 443 g/mol. The van der Waals surface area contributed by atoms with E-state index in [0.717, 1.165) is 12.1 Å². The lowest BCUT2D eigenvalue weighted by molar-refractivity contribution is -0.137. The Balaban J connectivity index is 1.87. The maximum Gasteiger partial charge on any atom is 0.416 e. The number of anilines is 1. The van der Waals surface area contributed by atoms with Crippen LogP contribution >= 0.6 is 0 Å². The first-order chi connectivity index (χ1) is 14.1. The van der Waals surface area contributed by atoms with E-state index in [-0.39, 0.29) is 33.6 Å². The Hall–Kier alpha value is -2.59. The van der Waals surface area contributed by atoms with Gasteiger partial charge in [0.15, 0.2) is 9.84 Å². The van der Waals surface area contributed by atoms with Crippen LogP contribution in [0.4, 0.5) is 18.9 Å². The van der Waals surface area contributed by atoms with Crippen molar-refractivity contribution in [3.8, 4) is 5.75 Å². The Morgan fingerprint density at radius 1 is 1.23 bits per heavy atom. The molecule has 1 atom stereocenters. The number of nitrogens with one attached hydrogen (secondary N) is 1. The second kappa shape index (κ2) is 8.65. The number of methoxy groups -OCH3 is 1. The molecule has 30 heavy (non-hydrogen) atoms. The molecule has 0 aliphatic carbocycles. The van der Waals surface area contributed by atoms with Gasteiger partial charge in [-0.05, 0) is 48.7 Å². The molecule has 162 valence electrons. The minimum absolute atomic E-state index is 0.0654. The summed E-state index contributed by atoms with van der Waals surface area (Å²) >= 11 is 0. The lowest BCUT2D eigenvalue weighted by Crippen LogP contribution is -2.18. The van der Waals surface area contributed by atoms with Gasteiger partial charge in [0.05, 0.1) is 35.5 Å². The molecule has 3 rings (SSSR count). The Kier molecular flexibility index (Phi) is 6.37. The number of carbonyl (C=O) groups excluding carboxylic acids is 1. The largest absolute Gasteiger partial charge is 0.496 e. The second-order valence-electron chi connectivity index (χ2n) is 6.91. The summed E-state index contributed by atoms with van der Waals surface area (Å²) in [5.41, 5.74) is -1.09. The average molecular weight is 443 g/mol. The fourth-order valence-electron chi connectivity index (χ4n) is 3.15. The van der Waals surface area contributed by atoms with E-state index in [0.29, 0.717) is 19.6 Å². The van der Waals surface area contributed by atoms with Gasteiger partial charge in [0, 0.05) is 12.3 Å². The van der Waals surface area contributed by atoms with Crippen LogP contribution in [0.2, 0.25) is 0 Å². The van der Waals surface area contributed by atoms with Gasteiger partial charge in [-0.2, -0.15) is 13.2 Å². The zero-order chi connectivity index (χ0) is 21.9. The molecular weight excluding hydrogens is 423 g/mol. The Morgan fingerprint density at radius 2 is 2.00 bits per heavy atom. The van der Waals surface area contributed by atoms with Crippen molar-refractivity contribution in [3.63, 3.8) is 0 Å². The molecule has 0 aromatic heterocycles. The van der Waals surface area contributed by atoms with Gasteiger partial charge in [-0.25, -0.2) is 8.42 Å². The van der Waals surface area contributed by atoms with Crippen LogP contribution in [0.1, 0.15) is 22.3 Å². The van der Waals surface area contributed by atoms with Crippen molar-refractivity contribution < 1.29 is 35.9 Å². The molecule has 2 aromatic rings. The van der Waals surface area contributed by atoms with Gasteiger partial charge in [-0.1, -0.05) is 6.07 Å². The number of alkyl halides is 3. The summed E-state index contributed by atoms with van der Waals surface area (Å²) in [5, 5.41) is 2.36. The lowest BCUT2D eigenvalue weighted by atomic mass is 10.1. The minimum atomic E-state index is -4.56. The first-order valence-corrected chi connectivity index (χ1v) is 10.7. The molecule has 0 radical (unpaired) electrons. The van der Waals surface area contributed by atoms with Crippen molar-refractivity contribution in [2.24, 2.45) is 5.92 Å². The summed E-state index contributed by atoms with van der Waals surface area (Å²) in [4.78, 5) is 12.6. The number of hydrogen-bond donors (Lipinski definition) is 1. The average Bonchev–Trinajstić information content (AvgIpc) is 3.19. The zero-order valence-corrected chi connectivity index (χ0v) is 16.8. The summed E-state index contributed by atoms with van der Waals surface area (Å²) < 4.78 is 74.5.